The van der Waals surface area contributed by atoms with Crippen molar-refractivity contribution >= 4 is 16.6 Å². The number of benzene rings is 2. The second kappa shape index (κ2) is 5.25. The summed E-state index contributed by atoms with van der Waals surface area (Å²) >= 11 is 0. The lowest BCUT2D eigenvalue weighted by Gasteiger charge is -2.11. The smallest absolute Gasteiger partial charge is 0.416 e. The Morgan fingerprint density at radius 1 is 1.14 bits per heavy atom. The van der Waals surface area contributed by atoms with Crippen molar-refractivity contribution in [3.8, 4) is 5.75 Å². The number of nitrogens with zero attached hydrogens (tertiary/aromatic N) is 1. The fourth-order valence-corrected chi connectivity index (χ4v) is 2.20. The third-order valence-corrected chi connectivity index (χ3v) is 3.24. The molecule has 0 bridgehead atoms. The topological polar surface area (TPSA) is 60.9 Å². The average Bonchev–Trinajstić information content (AvgIpc) is 2.91. The Hall–Kier alpha value is -2.70. The van der Waals surface area contributed by atoms with E-state index in [0.717, 1.165) is 22.7 Å². The first-order valence-electron chi connectivity index (χ1n) is 6.49. The normalized spacial score (nSPS) is 11.8. The number of hydrogen-bond acceptors (Lipinski definition) is 3. The van der Waals surface area contributed by atoms with Gasteiger partial charge < -0.3 is 10.4 Å². The summed E-state index contributed by atoms with van der Waals surface area (Å²) in [7, 11) is 0. The van der Waals surface area contributed by atoms with Gasteiger partial charge in [-0.2, -0.15) is 18.3 Å². The number of H-pyrrole nitrogens is 1. The molecule has 0 aliphatic rings. The molecule has 0 aliphatic carbocycles. The summed E-state index contributed by atoms with van der Waals surface area (Å²) in [5.41, 5.74) is 1.11. The van der Waals surface area contributed by atoms with E-state index in [9.17, 15) is 18.3 Å². The fraction of sp³-hybridized carbons (Fsp3) is 0.133. The van der Waals surface area contributed by atoms with Gasteiger partial charge in [0.1, 0.15) is 5.75 Å². The van der Waals surface area contributed by atoms with E-state index in [1.165, 1.54) is 6.07 Å². The van der Waals surface area contributed by atoms with Crippen LogP contribution in [0.3, 0.4) is 0 Å². The number of aromatic hydroxyl groups is 1. The maximum absolute atomic E-state index is 12.7. The van der Waals surface area contributed by atoms with Crippen molar-refractivity contribution in [2.24, 2.45) is 0 Å². The van der Waals surface area contributed by atoms with Gasteiger partial charge in [0.15, 0.2) is 0 Å². The van der Waals surface area contributed by atoms with Crippen LogP contribution in [0, 0.1) is 0 Å². The molecule has 1 aromatic heterocycles. The Labute approximate surface area is 123 Å². The van der Waals surface area contributed by atoms with E-state index < -0.39 is 17.5 Å². The molecule has 0 saturated heterocycles. The number of nitrogens with one attached hydrogen (secondary N) is 2. The van der Waals surface area contributed by atoms with Crippen LogP contribution in [0.5, 0.6) is 5.75 Å². The molecule has 0 amide bonds. The maximum Gasteiger partial charge on any atom is 0.416 e. The van der Waals surface area contributed by atoms with Crippen molar-refractivity contribution in [1.29, 1.82) is 0 Å². The Kier molecular flexibility index (Phi) is 3.40. The largest absolute Gasteiger partial charge is 0.508 e. The number of halogens is 3. The number of aromatic amines is 1. The van der Waals surface area contributed by atoms with E-state index in [2.05, 4.69) is 15.5 Å². The summed E-state index contributed by atoms with van der Waals surface area (Å²) in [6.45, 7) is 0.167. The third kappa shape index (κ3) is 2.98. The number of fused-ring (bicyclic) bond motifs is 1. The van der Waals surface area contributed by atoms with Gasteiger partial charge in [-0.25, -0.2) is 0 Å². The van der Waals surface area contributed by atoms with Gasteiger partial charge in [0.2, 0.25) is 0 Å². The first kappa shape index (κ1) is 14.2. The number of phenolic OH excluding ortho intramolecular Hbond substituents is 1. The van der Waals surface area contributed by atoms with Crippen molar-refractivity contribution in [1.82, 2.24) is 10.2 Å². The molecule has 1 heterocycles. The van der Waals surface area contributed by atoms with E-state index >= 15 is 0 Å². The Morgan fingerprint density at radius 3 is 2.73 bits per heavy atom. The second-order valence-electron chi connectivity index (χ2n) is 4.91. The van der Waals surface area contributed by atoms with Gasteiger partial charge in [-0.1, -0.05) is 0 Å². The van der Waals surface area contributed by atoms with Gasteiger partial charge in [0, 0.05) is 17.6 Å². The molecular weight excluding hydrogens is 295 g/mol. The summed E-state index contributed by atoms with van der Waals surface area (Å²) in [6, 6.07) is 8.50. The van der Waals surface area contributed by atoms with E-state index in [4.69, 9.17) is 0 Å². The zero-order valence-corrected chi connectivity index (χ0v) is 11.3. The molecule has 3 rings (SSSR count). The SMILES string of the molecule is Oc1cc(CNc2ccc3[nH]ncc3c2)cc(C(F)(F)F)c1. The van der Waals surface area contributed by atoms with Crippen LogP contribution in [0.15, 0.2) is 42.6 Å². The molecule has 4 nitrogen and oxygen atoms in total. The highest BCUT2D eigenvalue weighted by Gasteiger charge is 2.31. The average molecular weight is 307 g/mol. The van der Waals surface area contributed by atoms with Crippen molar-refractivity contribution in [3.05, 3.63) is 53.7 Å². The molecule has 0 radical (unpaired) electrons. The van der Waals surface area contributed by atoms with Gasteiger partial charge in [0.05, 0.1) is 17.3 Å². The minimum Gasteiger partial charge on any atom is -0.508 e. The number of anilines is 1. The Balaban J connectivity index is 1.79. The van der Waals surface area contributed by atoms with Crippen molar-refractivity contribution in [2.75, 3.05) is 5.32 Å². The highest BCUT2D eigenvalue weighted by Crippen LogP contribution is 2.32. The summed E-state index contributed by atoms with van der Waals surface area (Å²) in [5.74, 6) is -0.406. The first-order chi connectivity index (χ1) is 10.4. The molecule has 0 aliphatic heterocycles. The molecular formula is C15H12F3N3O. The quantitative estimate of drug-likeness (QED) is 0.688. The molecule has 114 valence electrons. The van der Waals surface area contributed by atoms with Crippen LogP contribution in [-0.4, -0.2) is 15.3 Å². The second-order valence-corrected chi connectivity index (χ2v) is 4.91. The molecule has 2 aromatic carbocycles. The summed E-state index contributed by atoms with van der Waals surface area (Å²) in [6.07, 6.45) is -2.82. The van der Waals surface area contributed by atoms with Crippen LogP contribution in [0.4, 0.5) is 18.9 Å². The number of aromatic nitrogens is 2. The van der Waals surface area contributed by atoms with Crippen LogP contribution in [0.25, 0.3) is 10.9 Å². The zero-order valence-electron chi connectivity index (χ0n) is 11.3. The number of phenols is 1. The van der Waals surface area contributed by atoms with Crippen LogP contribution in [0.2, 0.25) is 0 Å². The van der Waals surface area contributed by atoms with Gasteiger partial charge in [0.25, 0.3) is 0 Å². The molecule has 22 heavy (non-hydrogen) atoms. The predicted molar refractivity (Wildman–Crippen MR) is 76.5 cm³/mol. The molecule has 0 fully saturated rings. The van der Waals surface area contributed by atoms with E-state index in [1.54, 1.807) is 12.3 Å². The molecule has 0 spiro atoms. The van der Waals surface area contributed by atoms with E-state index in [0.29, 0.717) is 11.6 Å². The first-order valence-corrected chi connectivity index (χ1v) is 6.49. The Bertz CT molecular complexity index is 811. The van der Waals surface area contributed by atoms with Gasteiger partial charge in [-0.3, -0.25) is 5.10 Å². The van der Waals surface area contributed by atoms with E-state index in [1.807, 2.05) is 12.1 Å². The van der Waals surface area contributed by atoms with Crippen molar-refractivity contribution in [2.45, 2.75) is 12.7 Å². The van der Waals surface area contributed by atoms with Crippen LogP contribution >= 0.6 is 0 Å². The van der Waals surface area contributed by atoms with Crippen LogP contribution in [-0.2, 0) is 12.7 Å². The monoisotopic (exact) mass is 307 g/mol. The van der Waals surface area contributed by atoms with Crippen molar-refractivity contribution in [3.63, 3.8) is 0 Å². The minimum absolute atomic E-state index is 0.167. The highest BCUT2D eigenvalue weighted by molar-refractivity contribution is 5.81. The zero-order chi connectivity index (χ0) is 15.7. The summed E-state index contributed by atoms with van der Waals surface area (Å²) < 4.78 is 38.1. The van der Waals surface area contributed by atoms with Crippen LogP contribution in [0.1, 0.15) is 11.1 Å². The standard InChI is InChI=1S/C15H12F3N3O/c16-15(17,18)11-3-9(4-13(22)6-11)7-19-12-1-2-14-10(5-12)8-20-21-14/h1-6,8,19,22H,7H2,(H,20,21). The molecule has 7 heteroatoms. The summed E-state index contributed by atoms with van der Waals surface area (Å²) in [5, 5.41) is 20.1. The lowest BCUT2D eigenvalue weighted by atomic mass is 10.1. The van der Waals surface area contributed by atoms with E-state index in [-0.39, 0.29) is 6.54 Å². The van der Waals surface area contributed by atoms with Gasteiger partial charge >= 0.3 is 6.18 Å². The molecule has 3 aromatic rings. The van der Waals surface area contributed by atoms with Gasteiger partial charge in [-0.15, -0.1) is 0 Å². The maximum atomic E-state index is 12.7. The fourth-order valence-electron chi connectivity index (χ4n) is 2.20. The van der Waals surface area contributed by atoms with Crippen LogP contribution < -0.4 is 5.32 Å². The van der Waals surface area contributed by atoms with Gasteiger partial charge in [-0.05, 0) is 42.0 Å². The highest BCUT2D eigenvalue weighted by atomic mass is 19.4. The molecule has 0 saturated carbocycles. The molecule has 0 atom stereocenters. The molecule has 3 N–H and O–H groups in total. The minimum atomic E-state index is -4.48. The number of rotatable bonds is 3. The number of alkyl halides is 3. The predicted octanol–water partition coefficient (Wildman–Crippen LogP) is 3.90. The lowest BCUT2D eigenvalue weighted by Crippen LogP contribution is -2.07. The third-order valence-electron chi connectivity index (χ3n) is 3.24. The summed E-state index contributed by atoms with van der Waals surface area (Å²) in [4.78, 5) is 0. The Morgan fingerprint density at radius 2 is 1.95 bits per heavy atom. The molecule has 0 unspecified atom stereocenters. The lowest BCUT2D eigenvalue weighted by molar-refractivity contribution is -0.137. The number of hydrogen-bond donors (Lipinski definition) is 3. The van der Waals surface area contributed by atoms with Crippen molar-refractivity contribution < 1.29 is 18.3 Å².